The maximum Gasteiger partial charge on any atom is 0.336 e. The van der Waals surface area contributed by atoms with Crippen molar-refractivity contribution in [3.8, 4) is 11.3 Å². The molecule has 3 unspecified atom stereocenters. The van der Waals surface area contributed by atoms with Crippen LogP contribution in [0.5, 0.6) is 0 Å². The summed E-state index contributed by atoms with van der Waals surface area (Å²) in [6.07, 6.45) is 1.42. The minimum Gasteiger partial charge on any atom is -0.479 e. The Morgan fingerprint density at radius 2 is 0.939 bits per heavy atom. The summed E-state index contributed by atoms with van der Waals surface area (Å²) in [4.78, 5) is 93.3. The molecule has 99 heavy (non-hydrogen) atoms. The average Bonchev–Trinajstić information content (AvgIpc) is 1.64. The van der Waals surface area contributed by atoms with Gasteiger partial charge < -0.3 is 65.3 Å². The molecule has 8 heterocycles. The number of nitrogens with zero attached hydrogens (tertiary/aromatic N) is 6. The van der Waals surface area contributed by atoms with E-state index in [1.165, 1.54) is 4.90 Å². The molecular weight excluding hydrogens is 1380 g/mol. The van der Waals surface area contributed by atoms with Gasteiger partial charge in [-0.2, -0.15) is 0 Å². The number of hydrogen-bond acceptors (Lipinski definition) is 16. The van der Waals surface area contributed by atoms with Gasteiger partial charge in [-0.15, -0.1) is 0 Å². The van der Waals surface area contributed by atoms with Crippen LogP contribution in [0, 0.1) is 0 Å². The summed E-state index contributed by atoms with van der Waals surface area (Å²) in [7, 11) is 0. The third kappa shape index (κ3) is 20.3. The van der Waals surface area contributed by atoms with Crippen LogP contribution in [0.2, 0.25) is 25.4 Å². The number of halogens is 5. The van der Waals surface area contributed by atoms with Gasteiger partial charge in [-0.05, 0) is 154 Å². The molecule has 5 aliphatic rings. The van der Waals surface area contributed by atoms with Crippen LogP contribution in [-0.4, -0.2) is 148 Å². The number of carbonyl (C=O) groups is 6. The van der Waals surface area contributed by atoms with Crippen molar-refractivity contribution >= 4 is 93.5 Å². The van der Waals surface area contributed by atoms with Gasteiger partial charge in [-0.3, -0.25) is 29.0 Å². The number of rotatable bonds is 16. The fraction of sp³-hybridized carbons (Fsp3) is 0.375. The minimum atomic E-state index is -1.88. The summed E-state index contributed by atoms with van der Waals surface area (Å²) in [6.45, 7) is 9.04. The van der Waals surface area contributed by atoms with E-state index in [1.807, 2.05) is 91.0 Å². The Morgan fingerprint density at radius 1 is 0.515 bits per heavy atom. The molecule has 5 fully saturated rings. The molecule has 5 aliphatic heterocycles. The van der Waals surface area contributed by atoms with E-state index in [0.29, 0.717) is 58.0 Å². The standard InChI is InChI=1S/C26H26ClN3O4.C23H25Cl2N3O4.C17H20ClNO5.C6H7ClN2/c27-20-9-4-8-19(14-20)22-10-5-13-30(22)26(34)24(32)23(31)25(33)29-16-17-11-12-21(28-15-17)18-6-2-1-3-7-18;1-23(2)31-19(21(29)27-13-14-8-9-18(25)26-12-14)20(32-23)22(30)28-10-4-7-17(28)15-5-3-6-16(24)11-15;1-17(2)23-13(14(24-17)16(21)22)15(20)19-8-4-7-12(19)10-5-3-6-11(18)9-10;7-6-2-1-5(3-8)4-9-6/h1-4,6-9,11-12,14-15,22-24,31-32H,5,10,13,16H2,(H,29,33);3,5-6,8-9,11-12,17,19-20H,4,7,10,13H2,1-2H3,(H,27,29);3,5-6,9,12-14H,4,7-8H2,1-2H3,(H,21,22);1-2,4H,3,8H2/t22?,23-,24-;17?,19-,20-;12?,13-,14-;/m111./s1. The summed E-state index contributed by atoms with van der Waals surface area (Å²) in [5.74, 6) is -5.89. The number of aromatic nitrogens is 3. The van der Waals surface area contributed by atoms with Crippen molar-refractivity contribution in [2.24, 2.45) is 5.73 Å². The van der Waals surface area contributed by atoms with Crippen molar-refractivity contribution in [2.75, 3.05) is 19.6 Å². The number of carboxylic acids is 1. The second-order valence-electron chi connectivity index (χ2n) is 25.0. The maximum absolute atomic E-state index is 13.5. The number of aliphatic hydroxyl groups is 2. The van der Waals surface area contributed by atoms with Crippen LogP contribution < -0.4 is 16.4 Å². The number of nitrogens with two attached hydrogens (primary N) is 1. The molecule has 5 saturated heterocycles. The Labute approximate surface area is 599 Å². The second-order valence-corrected chi connectivity index (χ2v) is 27.0. The van der Waals surface area contributed by atoms with Crippen LogP contribution in [0.25, 0.3) is 11.3 Å². The molecule has 3 aromatic heterocycles. The first-order valence-electron chi connectivity index (χ1n) is 32.2. The van der Waals surface area contributed by atoms with E-state index < -0.39 is 71.9 Å². The summed E-state index contributed by atoms with van der Waals surface area (Å²) in [6, 6.07) is 42.0. The molecular formula is C72H78Cl5N9O13. The van der Waals surface area contributed by atoms with Crippen molar-refractivity contribution in [3.05, 3.63) is 217 Å². The molecule has 524 valence electrons. The topological polar surface area (TPSA) is 299 Å². The van der Waals surface area contributed by atoms with Crippen LogP contribution >= 0.6 is 58.0 Å². The fourth-order valence-corrected chi connectivity index (χ4v) is 13.1. The van der Waals surface area contributed by atoms with Gasteiger partial charge in [-0.1, -0.05) is 143 Å². The zero-order valence-electron chi connectivity index (χ0n) is 54.8. The molecule has 9 atom stereocenters. The molecule has 0 saturated carbocycles. The quantitative estimate of drug-likeness (QED) is 0.0490. The first-order valence-corrected chi connectivity index (χ1v) is 34.1. The number of benzene rings is 4. The average molecular weight is 1450 g/mol. The van der Waals surface area contributed by atoms with E-state index in [4.69, 9.17) is 82.7 Å². The predicted octanol–water partition coefficient (Wildman–Crippen LogP) is 10.8. The molecule has 0 bridgehead atoms. The summed E-state index contributed by atoms with van der Waals surface area (Å²) >= 11 is 29.6. The van der Waals surface area contributed by atoms with Crippen LogP contribution in [0.15, 0.2) is 158 Å². The molecule has 7 aromatic rings. The molecule has 4 aromatic carbocycles. The van der Waals surface area contributed by atoms with Gasteiger partial charge in [0, 0.05) is 78.5 Å². The normalized spacial score (nSPS) is 21.7. The number of nitrogens with one attached hydrogen (secondary N) is 2. The van der Waals surface area contributed by atoms with Crippen LogP contribution in [-0.2, 0) is 67.3 Å². The highest BCUT2D eigenvalue weighted by molar-refractivity contribution is 6.31. The van der Waals surface area contributed by atoms with Gasteiger partial charge >= 0.3 is 5.97 Å². The third-order valence-electron chi connectivity index (χ3n) is 17.0. The largest absolute Gasteiger partial charge is 0.479 e. The molecule has 22 nitrogen and oxygen atoms in total. The highest BCUT2D eigenvalue weighted by Gasteiger charge is 2.53. The van der Waals surface area contributed by atoms with Gasteiger partial charge in [0.15, 0.2) is 48.2 Å². The zero-order valence-corrected chi connectivity index (χ0v) is 58.5. The lowest BCUT2D eigenvalue weighted by atomic mass is 10.0. The maximum atomic E-state index is 13.5. The van der Waals surface area contributed by atoms with E-state index >= 15 is 0 Å². The van der Waals surface area contributed by atoms with Crippen molar-refractivity contribution in [3.63, 3.8) is 0 Å². The number of likely N-dealkylation sites (tertiary alicyclic amines) is 3. The molecule has 0 aliphatic carbocycles. The number of aliphatic hydroxyl groups excluding tert-OH is 2. The van der Waals surface area contributed by atoms with Gasteiger partial charge in [0.25, 0.3) is 29.5 Å². The summed E-state index contributed by atoms with van der Waals surface area (Å²) in [5, 5.41) is 38.2. The van der Waals surface area contributed by atoms with Crippen LogP contribution in [0.4, 0.5) is 0 Å². The number of carbonyl (C=O) groups excluding carboxylic acids is 5. The van der Waals surface area contributed by atoms with E-state index in [1.54, 1.807) is 105 Å². The molecule has 27 heteroatoms. The van der Waals surface area contributed by atoms with E-state index in [-0.39, 0.29) is 43.0 Å². The number of amides is 5. The lowest BCUT2D eigenvalue weighted by Crippen LogP contribution is -2.50. The summed E-state index contributed by atoms with van der Waals surface area (Å²) in [5.41, 5.74) is 12.4. The number of carboxylic acid groups (broad SMARTS) is 1. The molecule has 0 radical (unpaired) electrons. The number of pyridine rings is 3. The first kappa shape index (κ1) is 75.5. The Kier molecular flexibility index (Phi) is 26.4. The predicted molar refractivity (Wildman–Crippen MR) is 372 cm³/mol. The highest BCUT2D eigenvalue weighted by Crippen LogP contribution is 2.40. The third-order valence-corrected chi connectivity index (χ3v) is 18.1. The van der Waals surface area contributed by atoms with E-state index in [9.17, 15) is 44.1 Å². The lowest BCUT2D eigenvalue weighted by molar-refractivity contribution is -0.167. The Hall–Kier alpha value is -7.68. The van der Waals surface area contributed by atoms with Gasteiger partial charge in [0.2, 0.25) is 0 Å². The monoisotopic (exact) mass is 1450 g/mol. The Bertz CT molecular complexity index is 3920. The molecule has 7 N–H and O–H groups in total. The SMILES string of the molecule is CC1(C)O[C@@H](C(=O)NCc2ccc(Cl)nc2)[C@H](C(=O)N2CCCC2c2cccc(Cl)c2)O1.CC1(C)O[C@@H](C(=O)O)[C@H](C(=O)N2CCCC2c2cccc(Cl)c2)O1.NCc1ccc(Cl)nc1.O=C(NCc1ccc(-c2ccccc2)nc1)[C@H](O)[C@@H](O)C(=O)N1CCCC1c1cccc(Cl)c1. The van der Waals surface area contributed by atoms with E-state index in [0.717, 1.165) is 76.7 Å². The van der Waals surface area contributed by atoms with Gasteiger partial charge in [0.1, 0.15) is 10.3 Å². The van der Waals surface area contributed by atoms with Crippen molar-refractivity contribution in [2.45, 2.75) is 152 Å². The Balaban J connectivity index is 0.000000165. The number of ether oxygens (including phenoxy) is 4. The van der Waals surface area contributed by atoms with E-state index in [2.05, 4.69) is 25.6 Å². The number of aliphatic carboxylic acids is 1. The van der Waals surface area contributed by atoms with Crippen LogP contribution in [0.3, 0.4) is 0 Å². The van der Waals surface area contributed by atoms with Crippen molar-refractivity contribution < 1.29 is 63.0 Å². The summed E-state index contributed by atoms with van der Waals surface area (Å²) < 4.78 is 22.7. The highest BCUT2D eigenvalue weighted by atomic mass is 35.5. The van der Waals surface area contributed by atoms with Crippen molar-refractivity contribution in [1.29, 1.82) is 0 Å². The smallest absolute Gasteiger partial charge is 0.336 e. The van der Waals surface area contributed by atoms with Gasteiger partial charge in [0.05, 0.1) is 23.8 Å². The zero-order chi connectivity index (χ0) is 71.1. The molecule has 12 rings (SSSR count). The van der Waals surface area contributed by atoms with Gasteiger partial charge in [-0.25, -0.2) is 14.8 Å². The first-order chi connectivity index (χ1) is 47.3. The Morgan fingerprint density at radius 3 is 1.38 bits per heavy atom. The van der Waals surface area contributed by atoms with Crippen LogP contribution in [0.1, 0.15) is 118 Å². The molecule has 5 amide bonds. The second kappa shape index (κ2) is 34.6. The number of hydrogen-bond donors (Lipinski definition) is 6. The van der Waals surface area contributed by atoms with Crippen molar-refractivity contribution in [1.82, 2.24) is 40.3 Å². The lowest BCUT2D eigenvalue weighted by Gasteiger charge is -2.28. The fourth-order valence-electron chi connectivity index (χ4n) is 12.2. The minimum absolute atomic E-state index is 0.105. The molecule has 0 spiro atoms.